The molecule has 0 heterocycles. The minimum Gasteiger partial charge on any atom is -0.480 e. The number of sulfone groups is 1. The second kappa shape index (κ2) is 15.7. The molecule has 17 heteroatoms. The van der Waals surface area contributed by atoms with Crippen molar-refractivity contribution in [3.8, 4) is 0 Å². The molecule has 0 aliphatic heterocycles. The van der Waals surface area contributed by atoms with Crippen LogP contribution in [-0.4, -0.2) is 90.7 Å². The van der Waals surface area contributed by atoms with Gasteiger partial charge < -0.3 is 26.8 Å². The van der Waals surface area contributed by atoms with Gasteiger partial charge in [0.1, 0.15) is 23.7 Å². The number of Topliss-reactive ketones (excluding diaryl/α,β-unsaturated/α-hetero) is 1. The predicted molar refractivity (Wildman–Crippen MR) is 141 cm³/mol. The molecule has 0 aromatic heterocycles. The zero-order valence-electron chi connectivity index (χ0n) is 21.7. The third-order valence-electron chi connectivity index (χ3n) is 5.27. The van der Waals surface area contributed by atoms with Crippen LogP contribution in [0.3, 0.4) is 0 Å². The lowest BCUT2D eigenvalue weighted by molar-refractivity contribution is -0.138. The molecular weight excluding hydrogens is 554 g/mol. The van der Waals surface area contributed by atoms with Crippen molar-refractivity contribution < 1.29 is 37.5 Å². The van der Waals surface area contributed by atoms with E-state index in [0.29, 0.717) is 5.01 Å². The van der Waals surface area contributed by atoms with E-state index in [-0.39, 0.29) is 29.3 Å². The molecule has 0 radical (unpaired) electrons. The summed E-state index contributed by atoms with van der Waals surface area (Å²) in [5.74, 6) is -4.24. The van der Waals surface area contributed by atoms with Gasteiger partial charge in [-0.1, -0.05) is 22.9 Å². The van der Waals surface area contributed by atoms with Crippen LogP contribution in [0.15, 0.2) is 34.4 Å². The monoisotopic (exact) mass is 587 g/mol. The number of nitrogens with two attached hydrogens (primary N) is 1. The number of benzene rings is 1. The van der Waals surface area contributed by atoms with E-state index in [9.17, 15) is 32.4 Å². The van der Waals surface area contributed by atoms with Gasteiger partial charge in [0.25, 0.3) is 0 Å². The van der Waals surface area contributed by atoms with E-state index in [1.807, 2.05) is 0 Å². The third-order valence-corrected chi connectivity index (χ3v) is 8.50. The molecule has 39 heavy (non-hydrogen) atoms. The van der Waals surface area contributed by atoms with Crippen molar-refractivity contribution in [2.45, 2.75) is 49.0 Å². The summed E-state index contributed by atoms with van der Waals surface area (Å²) in [5, 5.41) is 18.1. The topological polar surface area (TPSA) is 241 Å². The van der Waals surface area contributed by atoms with Crippen molar-refractivity contribution in [1.82, 2.24) is 21.0 Å². The van der Waals surface area contributed by atoms with Gasteiger partial charge in [0.05, 0.1) is 16.7 Å². The first-order valence-electron chi connectivity index (χ1n) is 11.6. The van der Waals surface area contributed by atoms with Crippen molar-refractivity contribution in [2.24, 2.45) is 11.0 Å². The van der Waals surface area contributed by atoms with Gasteiger partial charge >= 0.3 is 12.0 Å². The minimum atomic E-state index is -4.01. The molecule has 0 saturated carbocycles. The fraction of sp³-hybridized carbons (Fsp3) is 0.500. The maximum atomic E-state index is 13.1. The molecule has 0 aliphatic carbocycles. The Morgan fingerprint density at radius 3 is 2.31 bits per heavy atom. The number of aliphatic carboxylic acids is 1. The van der Waals surface area contributed by atoms with Gasteiger partial charge in [0.2, 0.25) is 11.8 Å². The van der Waals surface area contributed by atoms with Crippen molar-refractivity contribution in [1.29, 1.82) is 5.53 Å². The maximum absolute atomic E-state index is 13.1. The Kier molecular flexibility index (Phi) is 13.5. The van der Waals surface area contributed by atoms with Gasteiger partial charge in [0, 0.05) is 19.2 Å². The molecule has 0 bridgehead atoms. The van der Waals surface area contributed by atoms with Crippen LogP contribution in [0.5, 0.6) is 0 Å². The number of carboxylic acid groups (broad SMARTS) is 1. The van der Waals surface area contributed by atoms with Crippen molar-refractivity contribution >= 4 is 51.2 Å². The molecule has 0 fully saturated rings. The summed E-state index contributed by atoms with van der Waals surface area (Å²) in [7, 11) is -2.75. The Morgan fingerprint density at radius 1 is 1.18 bits per heavy atom. The summed E-state index contributed by atoms with van der Waals surface area (Å²) in [6.45, 7) is 2.30. The smallest absolute Gasteiger partial charge is 0.340 e. The normalized spacial score (nSPS) is 13.3. The van der Waals surface area contributed by atoms with Crippen LogP contribution in [0.25, 0.3) is 0 Å². The van der Waals surface area contributed by atoms with E-state index in [2.05, 4.69) is 21.2 Å². The lowest BCUT2D eigenvalue weighted by Gasteiger charge is -2.27. The Bertz CT molecular complexity index is 1160. The molecule has 4 amide bonds. The second-order valence-electron chi connectivity index (χ2n) is 8.37. The fourth-order valence-corrected chi connectivity index (χ4v) is 6.12. The Labute approximate surface area is 230 Å². The average Bonchev–Trinajstić information content (AvgIpc) is 2.87. The summed E-state index contributed by atoms with van der Waals surface area (Å²) in [6, 6.07) is 2.83. The van der Waals surface area contributed by atoms with Crippen LogP contribution in [0.4, 0.5) is 4.79 Å². The lowest BCUT2D eigenvalue weighted by Crippen LogP contribution is -2.50. The standard InChI is InChI=1S/C22H33N7O8S2/c1-13-4-6-15(7-5-13)39(36,37)12-19(29(28-24)22(35)25-3)38-11-17(21(34)26-10-20(32)33)27-18(31)9-8-16(23)14(2)30/h4-7,16-17,19,24H,8-12,23H2,1-3H3,(H,25,35)(H,26,34)(H,27,31)(H,32,33)/t16-,17-,19?/m0/s1. The Morgan fingerprint density at radius 2 is 1.79 bits per heavy atom. The highest BCUT2D eigenvalue weighted by Crippen LogP contribution is 2.24. The number of nitrogens with one attached hydrogen (secondary N) is 4. The number of amides is 4. The minimum absolute atomic E-state index is 0.00261. The van der Waals surface area contributed by atoms with Gasteiger partial charge in [-0.2, -0.15) is 10.5 Å². The Balaban J connectivity index is 3.19. The zero-order chi connectivity index (χ0) is 29.8. The van der Waals surface area contributed by atoms with Gasteiger partial charge in [-0.3, -0.25) is 19.2 Å². The second-order valence-corrected chi connectivity index (χ2v) is 11.6. The van der Waals surface area contributed by atoms with Gasteiger partial charge in [-0.25, -0.2) is 13.2 Å². The molecule has 1 aromatic carbocycles. The zero-order valence-corrected chi connectivity index (χ0v) is 23.3. The highest BCUT2D eigenvalue weighted by molar-refractivity contribution is 8.01. The van der Waals surface area contributed by atoms with E-state index in [4.69, 9.17) is 16.4 Å². The average molecular weight is 588 g/mol. The van der Waals surface area contributed by atoms with E-state index < -0.39 is 63.4 Å². The molecule has 15 nitrogen and oxygen atoms in total. The molecule has 1 rings (SSSR count). The van der Waals surface area contributed by atoms with Crippen LogP contribution in [0.1, 0.15) is 25.3 Å². The molecule has 216 valence electrons. The van der Waals surface area contributed by atoms with Gasteiger partial charge in [-0.05, 0) is 32.4 Å². The van der Waals surface area contributed by atoms with E-state index in [1.54, 1.807) is 19.1 Å². The van der Waals surface area contributed by atoms with E-state index in [1.165, 1.54) is 26.1 Å². The molecule has 0 aliphatic rings. The number of rotatable bonds is 16. The summed E-state index contributed by atoms with van der Waals surface area (Å²) < 4.78 is 26.2. The van der Waals surface area contributed by atoms with Crippen LogP contribution in [-0.2, 0) is 29.0 Å². The maximum Gasteiger partial charge on any atom is 0.340 e. The predicted octanol–water partition coefficient (Wildman–Crippen LogP) is -0.203. The molecule has 0 spiro atoms. The number of ketones is 1. The summed E-state index contributed by atoms with van der Waals surface area (Å²) >= 11 is 0.735. The number of aryl methyl sites for hydroxylation is 1. The van der Waals surface area contributed by atoms with Crippen LogP contribution in [0.2, 0.25) is 0 Å². The summed E-state index contributed by atoms with van der Waals surface area (Å²) in [5.41, 5.74) is 13.9. The van der Waals surface area contributed by atoms with Crippen LogP contribution < -0.4 is 21.7 Å². The summed E-state index contributed by atoms with van der Waals surface area (Å²) in [4.78, 5) is 59.6. The lowest BCUT2D eigenvalue weighted by atomic mass is 10.1. The van der Waals surface area contributed by atoms with E-state index >= 15 is 0 Å². The number of hydrogen-bond acceptors (Lipinski definition) is 11. The number of thioether (sulfide) groups is 1. The van der Waals surface area contributed by atoms with Crippen molar-refractivity contribution in [2.75, 3.05) is 25.1 Å². The first kappa shape index (κ1) is 33.5. The number of urea groups is 1. The number of carboxylic acids is 1. The third kappa shape index (κ3) is 11.4. The van der Waals surface area contributed by atoms with Crippen LogP contribution in [0, 0.1) is 12.5 Å². The number of nitrogens with zero attached hydrogens (tertiary/aromatic N) is 2. The Hall–Kier alpha value is -3.57. The molecule has 3 atom stereocenters. The van der Waals surface area contributed by atoms with Gasteiger partial charge in [0.15, 0.2) is 9.84 Å². The number of carbonyl (C=O) groups excluding carboxylic acids is 4. The number of carbonyl (C=O) groups is 5. The van der Waals surface area contributed by atoms with E-state index in [0.717, 1.165) is 17.3 Å². The molecule has 7 N–H and O–H groups in total. The first-order valence-corrected chi connectivity index (χ1v) is 14.3. The quantitative estimate of drug-likeness (QED) is 0.0845. The summed E-state index contributed by atoms with van der Waals surface area (Å²) in [6.07, 6.45) is -0.219. The highest BCUT2D eigenvalue weighted by Gasteiger charge is 2.32. The highest BCUT2D eigenvalue weighted by atomic mass is 32.2. The van der Waals surface area contributed by atoms with Crippen molar-refractivity contribution in [3.05, 3.63) is 29.8 Å². The molecular formula is C22H33N7O8S2. The molecule has 0 saturated heterocycles. The van der Waals surface area contributed by atoms with Gasteiger partial charge in [-0.15, -0.1) is 11.8 Å². The van der Waals surface area contributed by atoms with Crippen LogP contribution >= 0.6 is 11.8 Å². The SMILES string of the molecule is CNC(=O)N(N=N)C(CS(=O)(=O)c1ccc(C)cc1)SC[C@H](NC(=O)CC[C@H](N)C(C)=O)C(=O)NCC(=O)O. The van der Waals surface area contributed by atoms with Crippen molar-refractivity contribution in [3.63, 3.8) is 0 Å². The molecule has 1 aromatic rings. The number of hydrogen-bond donors (Lipinski definition) is 6. The first-order chi connectivity index (χ1) is 18.2. The molecule has 1 unspecified atom stereocenters. The largest absolute Gasteiger partial charge is 0.480 e. The fourth-order valence-electron chi connectivity index (χ4n) is 3.01.